The van der Waals surface area contributed by atoms with Crippen molar-refractivity contribution < 1.29 is 4.79 Å². The lowest BCUT2D eigenvalue weighted by Gasteiger charge is -2.21. The molecule has 0 saturated heterocycles. The SMILES string of the molecule is CCN(CC)C(=O)C(C)CCl. The molecule has 0 fully saturated rings. The van der Waals surface area contributed by atoms with Gasteiger partial charge in [0.1, 0.15) is 0 Å². The van der Waals surface area contributed by atoms with Crippen molar-refractivity contribution in [1.29, 1.82) is 0 Å². The van der Waals surface area contributed by atoms with Crippen LogP contribution in [-0.4, -0.2) is 29.8 Å². The molecule has 1 unspecified atom stereocenters. The lowest BCUT2D eigenvalue weighted by Crippen LogP contribution is -2.35. The fourth-order valence-electron chi connectivity index (χ4n) is 0.913. The quantitative estimate of drug-likeness (QED) is 0.599. The Labute approximate surface area is 73.5 Å². The number of carbonyl (C=O) groups excluding carboxylic acids is 1. The van der Waals surface area contributed by atoms with Crippen molar-refractivity contribution in [3.63, 3.8) is 0 Å². The van der Waals surface area contributed by atoms with Crippen molar-refractivity contribution in [2.45, 2.75) is 20.8 Å². The number of alkyl halides is 1. The molecule has 0 radical (unpaired) electrons. The molecule has 0 aliphatic rings. The van der Waals surface area contributed by atoms with Crippen LogP contribution in [0.15, 0.2) is 0 Å². The average molecular weight is 178 g/mol. The Kier molecular flexibility index (Phi) is 5.30. The van der Waals surface area contributed by atoms with Gasteiger partial charge in [-0.2, -0.15) is 0 Å². The molecule has 1 atom stereocenters. The van der Waals surface area contributed by atoms with Crippen molar-refractivity contribution in [3.05, 3.63) is 0 Å². The Bertz CT molecular complexity index is 123. The van der Waals surface area contributed by atoms with E-state index in [1.807, 2.05) is 20.8 Å². The van der Waals surface area contributed by atoms with E-state index in [0.29, 0.717) is 5.88 Å². The highest BCUT2D eigenvalue weighted by Gasteiger charge is 2.16. The third-order valence-corrected chi connectivity index (χ3v) is 2.19. The summed E-state index contributed by atoms with van der Waals surface area (Å²) in [6.45, 7) is 7.35. The van der Waals surface area contributed by atoms with Gasteiger partial charge in [-0.25, -0.2) is 0 Å². The number of rotatable bonds is 4. The first-order valence-corrected chi connectivity index (χ1v) is 4.55. The zero-order valence-corrected chi connectivity index (χ0v) is 8.19. The summed E-state index contributed by atoms with van der Waals surface area (Å²) in [7, 11) is 0. The predicted molar refractivity (Wildman–Crippen MR) is 47.8 cm³/mol. The van der Waals surface area contributed by atoms with Crippen molar-refractivity contribution in [2.24, 2.45) is 5.92 Å². The smallest absolute Gasteiger partial charge is 0.226 e. The van der Waals surface area contributed by atoms with Gasteiger partial charge in [-0.1, -0.05) is 6.92 Å². The Morgan fingerprint density at radius 1 is 1.45 bits per heavy atom. The molecule has 0 aromatic heterocycles. The Morgan fingerprint density at radius 2 is 1.91 bits per heavy atom. The topological polar surface area (TPSA) is 20.3 Å². The van der Waals surface area contributed by atoms with Crippen LogP contribution < -0.4 is 0 Å². The maximum atomic E-state index is 11.4. The molecular formula is C8H16ClNO. The highest BCUT2D eigenvalue weighted by atomic mass is 35.5. The number of hydrogen-bond acceptors (Lipinski definition) is 1. The van der Waals surface area contributed by atoms with E-state index in [1.165, 1.54) is 0 Å². The van der Waals surface area contributed by atoms with E-state index in [1.54, 1.807) is 4.90 Å². The van der Waals surface area contributed by atoms with Crippen LogP contribution in [0.25, 0.3) is 0 Å². The van der Waals surface area contributed by atoms with Gasteiger partial charge in [-0.05, 0) is 13.8 Å². The molecule has 3 heteroatoms. The maximum absolute atomic E-state index is 11.4. The van der Waals surface area contributed by atoms with Gasteiger partial charge in [-0.15, -0.1) is 11.6 Å². The van der Waals surface area contributed by atoms with E-state index < -0.39 is 0 Å². The monoisotopic (exact) mass is 177 g/mol. The maximum Gasteiger partial charge on any atom is 0.226 e. The lowest BCUT2D eigenvalue weighted by molar-refractivity contribution is -0.133. The summed E-state index contributed by atoms with van der Waals surface area (Å²) in [5.41, 5.74) is 0. The minimum atomic E-state index is -0.0448. The fraction of sp³-hybridized carbons (Fsp3) is 0.875. The lowest BCUT2D eigenvalue weighted by atomic mass is 10.2. The number of amides is 1. The van der Waals surface area contributed by atoms with Crippen molar-refractivity contribution >= 4 is 17.5 Å². The minimum Gasteiger partial charge on any atom is -0.343 e. The molecule has 66 valence electrons. The van der Waals surface area contributed by atoms with Gasteiger partial charge in [0, 0.05) is 24.9 Å². The van der Waals surface area contributed by atoms with Crippen molar-refractivity contribution in [1.82, 2.24) is 4.90 Å². The van der Waals surface area contributed by atoms with Crippen LogP contribution in [0.4, 0.5) is 0 Å². The first-order valence-electron chi connectivity index (χ1n) is 4.02. The standard InChI is InChI=1S/C8H16ClNO/c1-4-10(5-2)8(11)7(3)6-9/h7H,4-6H2,1-3H3. The van der Waals surface area contributed by atoms with Crippen LogP contribution in [0.1, 0.15) is 20.8 Å². The zero-order chi connectivity index (χ0) is 8.85. The minimum absolute atomic E-state index is 0.0448. The molecule has 0 aromatic carbocycles. The summed E-state index contributed by atoms with van der Waals surface area (Å²) in [6.07, 6.45) is 0. The van der Waals surface area contributed by atoms with Crippen molar-refractivity contribution in [2.75, 3.05) is 19.0 Å². The van der Waals surface area contributed by atoms with Crippen LogP contribution >= 0.6 is 11.6 Å². The number of hydrogen-bond donors (Lipinski definition) is 0. The van der Waals surface area contributed by atoms with Crippen LogP contribution in [0.5, 0.6) is 0 Å². The van der Waals surface area contributed by atoms with E-state index in [9.17, 15) is 4.79 Å². The third-order valence-electron chi connectivity index (χ3n) is 1.73. The number of nitrogens with zero attached hydrogens (tertiary/aromatic N) is 1. The van der Waals surface area contributed by atoms with Gasteiger partial charge in [0.15, 0.2) is 0 Å². The Morgan fingerprint density at radius 3 is 2.18 bits per heavy atom. The third kappa shape index (κ3) is 3.10. The summed E-state index contributed by atoms with van der Waals surface area (Å²) < 4.78 is 0. The first-order chi connectivity index (χ1) is 5.17. The molecule has 0 saturated carbocycles. The largest absolute Gasteiger partial charge is 0.343 e. The normalized spacial score (nSPS) is 12.7. The fourth-order valence-corrected chi connectivity index (χ4v) is 1.04. The summed E-state index contributed by atoms with van der Waals surface area (Å²) in [5, 5.41) is 0. The molecule has 0 aliphatic carbocycles. The van der Waals surface area contributed by atoms with Gasteiger partial charge < -0.3 is 4.90 Å². The highest BCUT2D eigenvalue weighted by molar-refractivity contribution is 6.19. The van der Waals surface area contributed by atoms with Crippen LogP contribution in [-0.2, 0) is 4.79 Å². The van der Waals surface area contributed by atoms with Gasteiger partial charge in [-0.3, -0.25) is 4.79 Å². The average Bonchev–Trinajstić information content (AvgIpc) is 2.05. The van der Waals surface area contributed by atoms with Crippen LogP contribution in [0.3, 0.4) is 0 Å². The summed E-state index contributed by atoms with van der Waals surface area (Å²) >= 11 is 5.56. The van der Waals surface area contributed by atoms with E-state index >= 15 is 0 Å². The van der Waals surface area contributed by atoms with Gasteiger partial charge in [0.2, 0.25) is 5.91 Å². The molecule has 0 spiro atoms. The zero-order valence-electron chi connectivity index (χ0n) is 7.43. The Balaban J connectivity index is 3.97. The molecule has 1 amide bonds. The van der Waals surface area contributed by atoms with Gasteiger partial charge >= 0.3 is 0 Å². The second-order valence-electron chi connectivity index (χ2n) is 2.57. The molecule has 0 aliphatic heterocycles. The van der Waals surface area contributed by atoms with E-state index in [2.05, 4.69) is 0 Å². The van der Waals surface area contributed by atoms with E-state index in [-0.39, 0.29) is 11.8 Å². The summed E-state index contributed by atoms with van der Waals surface area (Å²) in [6, 6.07) is 0. The molecule has 0 heterocycles. The summed E-state index contributed by atoms with van der Waals surface area (Å²) in [5.74, 6) is 0.525. The molecule has 2 nitrogen and oxygen atoms in total. The van der Waals surface area contributed by atoms with Gasteiger partial charge in [0.25, 0.3) is 0 Å². The second-order valence-corrected chi connectivity index (χ2v) is 2.87. The highest BCUT2D eigenvalue weighted by Crippen LogP contribution is 2.03. The number of carbonyl (C=O) groups is 1. The second kappa shape index (κ2) is 5.42. The summed E-state index contributed by atoms with van der Waals surface area (Å²) in [4.78, 5) is 13.2. The molecule has 0 bridgehead atoms. The molecule has 0 aromatic rings. The molecular weight excluding hydrogens is 162 g/mol. The van der Waals surface area contributed by atoms with E-state index in [0.717, 1.165) is 13.1 Å². The molecule has 0 rings (SSSR count). The first kappa shape index (κ1) is 10.8. The van der Waals surface area contributed by atoms with E-state index in [4.69, 9.17) is 11.6 Å². The molecule has 11 heavy (non-hydrogen) atoms. The Hall–Kier alpha value is -0.240. The van der Waals surface area contributed by atoms with Crippen LogP contribution in [0, 0.1) is 5.92 Å². The predicted octanol–water partition coefficient (Wildman–Crippen LogP) is 1.73. The number of halogens is 1. The molecule has 0 N–H and O–H groups in total. The van der Waals surface area contributed by atoms with Crippen molar-refractivity contribution in [3.8, 4) is 0 Å². The van der Waals surface area contributed by atoms with Gasteiger partial charge in [0.05, 0.1) is 0 Å². The van der Waals surface area contributed by atoms with Crippen LogP contribution in [0.2, 0.25) is 0 Å².